The zero-order valence-electron chi connectivity index (χ0n) is 53.0. The van der Waals surface area contributed by atoms with E-state index in [-0.39, 0.29) is 101 Å². The first-order chi connectivity index (χ1) is 44.0. The molecule has 1 aromatic heterocycles. The minimum absolute atomic E-state index is 0. The Balaban J connectivity index is 0.00000553. The number of nitrogens with one attached hydrogen (secondary N) is 3. The molecule has 10 N–H and O–H groups in total. The molecule has 2 aromatic rings. The molecule has 1 radical (unpaired) electrons. The molecule has 0 bridgehead atoms. The predicted octanol–water partition coefficient (Wildman–Crippen LogP) is 0.0916. The molecule has 4 heterocycles. The molecule has 0 saturated carbocycles. The summed E-state index contributed by atoms with van der Waals surface area (Å²) in [6.07, 6.45) is 9.86. The van der Waals surface area contributed by atoms with Crippen LogP contribution in [0.15, 0.2) is 24.3 Å². The van der Waals surface area contributed by atoms with Gasteiger partial charge in [0.25, 0.3) is 0 Å². The van der Waals surface area contributed by atoms with Crippen molar-refractivity contribution in [3.63, 3.8) is 0 Å². The summed E-state index contributed by atoms with van der Waals surface area (Å²) in [6.45, 7) is 8.77. The second-order valence-corrected chi connectivity index (χ2v) is 23.5. The minimum Gasteiger partial charge on any atom is -0.481 e. The summed E-state index contributed by atoms with van der Waals surface area (Å²) in [6, 6.07) is 4.04. The van der Waals surface area contributed by atoms with Gasteiger partial charge in [0, 0.05) is 167 Å². The van der Waals surface area contributed by atoms with Crippen LogP contribution in [0, 0.1) is 36.9 Å². The summed E-state index contributed by atoms with van der Waals surface area (Å²) in [5, 5.41) is 73.4. The fourth-order valence-corrected chi connectivity index (χ4v) is 11.2. The molecule has 5 rings (SSSR count). The van der Waals surface area contributed by atoms with Gasteiger partial charge in [-0.2, -0.15) is 24.5 Å². The van der Waals surface area contributed by atoms with Gasteiger partial charge in [-0.1, -0.05) is 62.8 Å². The first kappa shape index (κ1) is 80.5. The zero-order chi connectivity index (χ0) is 67.4. The number of rotatable bonds is 37. The molecule has 1 aromatic carbocycles. The van der Waals surface area contributed by atoms with Gasteiger partial charge < -0.3 is 66.4 Å². The van der Waals surface area contributed by atoms with Gasteiger partial charge in [-0.25, -0.2) is 14.4 Å². The Hall–Kier alpha value is -6.77. The van der Waals surface area contributed by atoms with E-state index >= 15 is 0 Å². The monoisotopic (exact) mass is 1470 g/mol. The number of carboxylic acids is 7. The Morgan fingerprint density at radius 3 is 1.44 bits per heavy atom. The van der Waals surface area contributed by atoms with Gasteiger partial charge in [0.2, 0.25) is 17.8 Å². The van der Waals surface area contributed by atoms with Crippen LogP contribution < -0.4 is 25.8 Å². The van der Waals surface area contributed by atoms with Crippen molar-refractivity contribution in [2.45, 2.75) is 121 Å². The van der Waals surface area contributed by atoms with E-state index in [1.54, 1.807) is 9.80 Å². The molecule has 3 atom stereocenters. The minimum atomic E-state index is -1.49. The molecule has 32 nitrogen and oxygen atoms in total. The van der Waals surface area contributed by atoms with Crippen LogP contribution in [-0.4, -0.2) is 303 Å². The van der Waals surface area contributed by atoms with Crippen LogP contribution in [0.5, 0.6) is 0 Å². The maximum Gasteiger partial charge on any atom is 0.373 e. The predicted molar refractivity (Wildman–Crippen MR) is 331 cm³/mol. The van der Waals surface area contributed by atoms with Crippen LogP contribution in [-0.2, 0) is 60.8 Å². The molecule has 3 aliphatic rings. The van der Waals surface area contributed by atoms with Gasteiger partial charge in [0.05, 0.1) is 26.2 Å². The van der Waals surface area contributed by atoms with E-state index in [9.17, 15) is 73.8 Å². The van der Waals surface area contributed by atoms with E-state index < -0.39 is 66.3 Å². The number of piperazine rings is 2. The van der Waals surface area contributed by atoms with E-state index in [0.29, 0.717) is 122 Å². The van der Waals surface area contributed by atoms with Crippen molar-refractivity contribution in [3.8, 4) is 0 Å². The molecule has 3 fully saturated rings. The quantitative estimate of drug-likeness (QED) is 0.0401. The molecule has 1 unspecified atom stereocenters. The average molecular weight is 1470 g/mol. The first-order valence-corrected chi connectivity index (χ1v) is 31.5. The topological polar surface area (TPSA) is 430 Å². The maximum atomic E-state index is 12.4. The van der Waals surface area contributed by atoms with Crippen LogP contribution >= 0.6 is 0 Å². The van der Waals surface area contributed by atoms with Gasteiger partial charge in [-0.05, 0) is 69.7 Å². The number of nitrogens with zero attached hydrogens (tertiary/aromatic N) is 11. The number of benzene rings is 1. The summed E-state index contributed by atoms with van der Waals surface area (Å²) in [7, 11) is 1.94. The maximum absolute atomic E-state index is 12.4. The average Bonchev–Trinajstić information content (AvgIpc) is 3.31. The van der Waals surface area contributed by atoms with Crippen LogP contribution in [0.4, 0.5) is 16.7 Å². The molecule has 3 aliphatic heterocycles. The zero-order valence-corrected chi connectivity index (χ0v) is 54.7. The van der Waals surface area contributed by atoms with Crippen molar-refractivity contribution in [2.24, 2.45) is 0 Å². The van der Waals surface area contributed by atoms with Crippen molar-refractivity contribution in [2.75, 3.05) is 154 Å². The van der Waals surface area contributed by atoms with E-state index in [2.05, 4.69) is 35.6 Å². The molecule has 0 spiro atoms. The van der Waals surface area contributed by atoms with Crippen LogP contribution in [0.25, 0.3) is 0 Å². The summed E-state index contributed by atoms with van der Waals surface area (Å²) >= 11 is 0. The first-order valence-electron chi connectivity index (χ1n) is 31.5. The Labute approximate surface area is 570 Å². The largest absolute Gasteiger partial charge is 0.481 e. The molecule has 0 aliphatic carbocycles. The van der Waals surface area contributed by atoms with E-state index in [1.165, 1.54) is 0 Å². The summed E-state index contributed by atoms with van der Waals surface area (Å²) in [4.78, 5) is 153. The number of carbonyl (C=O) groups excluding carboxylic acids is 4. The third kappa shape index (κ3) is 33.8. The molecule has 527 valence electrons. The van der Waals surface area contributed by atoms with E-state index in [0.717, 1.165) is 95.2 Å². The second kappa shape index (κ2) is 44.8. The molecular formula is C60H94LuN14O18. The van der Waals surface area contributed by atoms with E-state index in [4.69, 9.17) is 29.6 Å². The molecule has 93 heavy (non-hydrogen) atoms. The Morgan fingerprint density at radius 1 is 0.505 bits per heavy atom. The summed E-state index contributed by atoms with van der Waals surface area (Å²) in [5.41, 5.74) is 1.94. The molecular weight excluding hydrogens is 1380 g/mol. The number of likely N-dealkylation sites (N-methyl/N-ethyl adjacent to an activating group) is 1. The van der Waals surface area contributed by atoms with Gasteiger partial charge in [0.15, 0.2) is 0 Å². The van der Waals surface area contributed by atoms with Crippen LogP contribution in [0.3, 0.4) is 0 Å². The normalized spacial score (nSPS) is 17.3. The second-order valence-electron chi connectivity index (χ2n) is 23.5. The number of aromatic nitrogens is 3. The number of carbonyl (C=O) groups is 9. The Kier molecular flexibility index (Phi) is 38.7. The van der Waals surface area contributed by atoms with Crippen LogP contribution in [0.2, 0.25) is 0 Å². The van der Waals surface area contributed by atoms with Gasteiger partial charge in [0.1, 0.15) is 17.9 Å². The number of hydrogen-bond acceptors (Lipinski definition) is 22. The van der Waals surface area contributed by atoms with Gasteiger partial charge in [-0.15, -0.1) is 0 Å². The molecule has 3 amide bonds. The van der Waals surface area contributed by atoms with E-state index in [1.807, 2.05) is 41.1 Å². The Morgan fingerprint density at radius 2 is 0.946 bits per heavy atom. The third-order valence-electron chi connectivity index (χ3n) is 16.2. The SMILES string of the molecule is CN1CCN(CC(=O)O)CCN(CC(=O)O)CCN(CC(=O)O)C(Cc2ccc(Cc3nc(N4CCN(CCCCCCCCCCC(=O)NCCCC[C@H](NC(=O)N[C@@H](CCC(=O)O)C(=O)O)C(=O)O)CC4)nc(N4CCN(CC(=O)O)CC4)n3)cc2)C1.O=C=O.[Lu]. The number of amides is 3. The van der Waals surface area contributed by atoms with Gasteiger partial charge in [-0.3, -0.25) is 53.3 Å². The van der Waals surface area contributed by atoms with Crippen LogP contribution in [0.1, 0.15) is 107 Å². The molecule has 33 heteroatoms. The van der Waals surface area contributed by atoms with Crippen molar-refractivity contribution >= 4 is 71.8 Å². The standard InChI is InChI=1S/C59H94N14O16.CO2.Lu/c1-66-22-23-68(39-51(77)78)24-25-69(40-52(79)80)30-35-73(42-54(83)84)45(38-66)36-43-14-16-44(17-15-43)37-48-63-57(65-58(64-48)72-33-28-70(29-34-72)41-53(81)82)71-31-26-67(27-32-71)21-11-7-5-3-2-4-6-8-13-49(74)60-20-10-9-12-46(55(85)86)61-59(89)62-47(56(87)88)18-19-50(75)76;2-1-3;/h14-17,45-47H,2-13,18-42H2,1H3,(H,60,74)(H,75,76)(H,77,78)(H,79,80)(H,81,82)(H,83,84)(H,85,86)(H,87,88)(H2,61,62,89);;/t45?,46-,47-;;/m0../s1. The Bertz CT molecular complexity index is 2700. The number of unbranched alkanes of at least 4 members (excludes halogenated alkanes) is 8. The van der Waals surface area contributed by atoms with Gasteiger partial charge >= 0.3 is 54.0 Å². The fraction of sp³-hybridized carbons (Fsp3) is 0.683. The number of carboxylic acid groups (broad SMARTS) is 7. The summed E-state index contributed by atoms with van der Waals surface area (Å²) < 4.78 is 0. The summed E-state index contributed by atoms with van der Waals surface area (Å²) in [5.74, 6) is -6.16. The van der Waals surface area contributed by atoms with Crippen molar-refractivity contribution < 1.29 is 125 Å². The van der Waals surface area contributed by atoms with Crippen molar-refractivity contribution in [1.29, 1.82) is 0 Å². The number of aliphatic carboxylic acids is 7. The van der Waals surface area contributed by atoms with Crippen molar-refractivity contribution in [1.82, 2.24) is 60.3 Å². The fourth-order valence-electron chi connectivity index (χ4n) is 11.2. The smallest absolute Gasteiger partial charge is 0.373 e. The number of anilines is 2. The number of urea groups is 1. The third-order valence-corrected chi connectivity index (χ3v) is 16.2. The molecule has 3 saturated heterocycles. The van der Waals surface area contributed by atoms with Crippen molar-refractivity contribution in [3.05, 3.63) is 41.2 Å². The number of hydrogen-bond donors (Lipinski definition) is 10.